The summed E-state index contributed by atoms with van der Waals surface area (Å²) in [6.07, 6.45) is 0.150. The number of nitrogens with one attached hydrogen (secondary N) is 1. The lowest BCUT2D eigenvalue weighted by atomic mass is 9.81. The second-order valence-corrected chi connectivity index (χ2v) is 15.1. The summed E-state index contributed by atoms with van der Waals surface area (Å²) in [4.78, 5) is 24.0. The van der Waals surface area contributed by atoms with Gasteiger partial charge >= 0.3 is 0 Å². The molecule has 0 aliphatic heterocycles. The highest BCUT2D eigenvalue weighted by molar-refractivity contribution is 8.06. The molecule has 0 spiro atoms. The summed E-state index contributed by atoms with van der Waals surface area (Å²) in [6.45, 7) is 6.90. The summed E-state index contributed by atoms with van der Waals surface area (Å²) in [5, 5.41) is 7.98. The number of pyridine rings is 1. The first-order valence-electron chi connectivity index (χ1n) is 16.3. The van der Waals surface area contributed by atoms with Crippen LogP contribution < -0.4 is 5.56 Å². The smallest absolute Gasteiger partial charge is 0.267 e. The van der Waals surface area contributed by atoms with Crippen LogP contribution in [0.4, 0.5) is 22.0 Å². The van der Waals surface area contributed by atoms with E-state index in [0.29, 0.717) is 41.5 Å². The van der Waals surface area contributed by atoms with Crippen LogP contribution in [0.25, 0.3) is 16.7 Å². The molecule has 1 aliphatic carbocycles. The number of fused-ring (bicyclic) bond motifs is 1. The predicted molar refractivity (Wildman–Crippen MR) is 180 cm³/mol. The van der Waals surface area contributed by atoms with Gasteiger partial charge in [0.25, 0.3) is 5.56 Å². The van der Waals surface area contributed by atoms with Gasteiger partial charge in [-0.15, -0.1) is 0 Å². The largest absolute Gasteiger partial charge is 0.289 e. The van der Waals surface area contributed by atoms with Crippen molar-refractivity contribution in [3.8, 4) is 5.69 Å². The highest BCUT2D eigenvalue weighted by atomic mass is 32.2. The van der Waals surface area contributed by atoms with Crippen LogP contribution in [0.1, 0.15) is 97.6 Å². The number of hydrogen-bond donors (Lipinski definition) is 1. The van der Waals surface area contributed by atoms with Crippen LogP contribution in [-0.2, 0) is 28.3 Å². The number of rotatable bonds is 9. The summed E-state index contributed by atoms with van der Waals surface area (Å²) in [7, 11) is -3.96. The number of alkyl halides is 3. The van der Waals surface area contributed by atoms with E-state index < -0.39 is 75.3 Å². The molecule has 0 bridgehead atoms. The molecule has 7 nitrogen and oxygen atoms in total. The van der Waals surface area contributed by atoms with Gasteiger partial charge in [0.2, 0.25) is 5.92 Å². The maximum atomic E-state index is 16.2. The van der Waals surface area contributed by atoms with Gasteiger partial charge in [0.15, 0.2) is 26.2 Å². The Morgan fingerprint density at radius 1 is 0.980 bits per heavy atom. The quantitative estimate of drug-likeness (QED) is 0.108. The van der Waals surface area contributed by atoms with E-state index in [2.05, 4.69) is 4.98 Å². The molecule has 5 rings (SSSR count). The molecule has 2 heterocycles. The first-order chi connectivity index (χ1) is 22.9. The Balaban J connectivity index is 1.83. The summed E-state index contributed by atoms with van der Waals surface area (Å²) in [5.74, 6) is -5.04. The molecule has 4 aromatic rings. The van der Waals surface area contributed by atoms with Gasteiger partial charge in [0.05, 0.1) is 16.8 Å². The van der Waals surface area contributed by atoms with Crippen molar-refractivity contribution >= 4 is 25.9 Å². The van der Waals surface area contributed by atoms with E-state index in [1.54, 1.807) is 26.0 Å². The number of sulfone groups is 1. The third kappa shape index (κ3) is 7.18. The lowest BCUT2D eigenvalue weighted by Gasteiger charge is -2.33. The maximum Gasteiger partial charge on any atom is 0.267 e. The van der Waals surface area contributed by atoms with E-state index in [9.17, 15) is 30.8 Å². The van der Waals surface area contributed by atoms with Crippen LogP contribution in [0.2, 0.25) is 0 Å². The molecule has 1 atom stereocenters. The summed E-state index contributed by atoms with van der Waals surface area (Å²) < 4.78 is 99.3. The van der Waals surface area contributed by atoms with Crippen molar-refractivity contribution in [3.05, 3.63) is 97.7 Å². The van der Waals surface area contributed by atoms with E-state index in [4.69, 9.17) is 10.4 Å². The van der Waals surface area contributed by atoms with Gasteiger partial charge in [-0.2, -0.15) is 0 Å². The van der Waals surface area contributed by atoms with Crippen molar-refractivity contribution in [3.63, 3.8) is 0 Å². The topological polar surface area (TPSA) is 106 Å². The minimum absolute atomic E-state index is 0.0444. The zero-order valence-corrected chi connectivity index (χ0v) is 28.9. The van der Waals surface area contributed by atoms with Crippen molar-refractivity contribution in [2.24, 2.45) is 0 Å². The lowest BCUT2D eigenvalue weighted by molar-refractivity contribution is -0.0784. The Labute approximate surface area is 282 Å². The molecule has 2 aromatic carbocycles. The van der Waals surface area contributed by atoms with Crippen LogP contribution in [0.5, 0.6) is 0 Å². The van der Waals surface area contributed by atoms with Crippen molar-refractivity contribution in [2.75, 3.05) is 6.26 Å². The standard InChI is InChI=1S/C36H39F5N4O3S/c1-6-8-24(16-22-17-25(37)19-26(38)18-22)33-44-32-29(20(3)15-28(43-32)35(39)11-13-36(40,41)14-12-35)34(46)45(33)27-10-9-23(7-2)30(21(27)4)31(42)49(5,47)48/h9-10,15,17-19,24,42H,6-8,11-14,16H2,1-5H3. The van der Waals surface area contributed by atoms with Crippen LogP contribution in [0.15, 0.2) is 41.2 Å². The molecule has 49 heavy (non-hydrogen) atoms. The molecule has 0 amide bonds. The van der Waals surface area contributed by atoms with Crippen molar-refractivity contribution in [1.82, 2.24) is 14.5 Å². The van der Waals surface area contributed by atoms with E-state index in [1.807, 2.05) is 13.8 Å². The van der Waals surface area contributed by atoms with E-state index in [0.717, 1.165) is 12.3 Å². The van der Waals surface area contributed by atoms with E-state index >= 15 is 4.39 Å². The number of hydrogen-bond acceptors (Lipinski definition) is 6. The molecular weight excluding hydrogens is 663 g/mol. The SMILES string of the molecule is CCCC(Cc1cc(F)cc(F)c1)c1nc2nc(C3(F)CCC(F)(F)CC3)cc(C)c2c(=O)n1-c1ccc(CC)c(C(=N)S(C)(=O)=O)c1C. The number of halogens is 5. The summed E-state index contributed by atoms with van der Waals surface area (Å²) >= 11 is 0. The highest BCUT2D eigenvalue weighted by Gasteiger charge is 2.46. The van der Waals surface area contributed by atoms with Gasteiger partial charge in [-0.3, -0.25) is 14.8 Å². The van der Waals surface area contributed by atoms with Crippen molar-refractivity contribution in [2.45, 2.75) is 96.6 Å². The minimum atomic E-state index is -3.96. The number of nitrogens with zero attached hydrogens (tertiary/aromatic N) is 3. The fourth-order valence-electron chi connectivity index (χ4n) is 6.86. The molecule has 1 unspecified atom stereocenters. The molecule has 2 aromatic heterocycles. The summed E-state index contributed by atoms with van der Waals surface area (Å²) in [6, 6.07) is 7.81. The maximum absolute atomic E-state index is 16.2. The van der Waals surface area contributed by atoms with Crippen LogP contribution in [0.3, 0.4) is 0 Å². The third-order valence-corrected chi connectivity index (χ3v) is 10.4. The number of aromatic nitrogens is 3. The predicted octanol–water partition coefficient (Wildman–Crippen LogP) is 8.11. The zero-order valence-electron chi connectivity index (χ0n) is 28.1. The monoisotopic (exact) mass is 702 g/mol. The molecule has 1 aliphatic rings. The molecule has 1 N–H and O–H groups in total. The van der Waals surface area contributed by atoms with Crippen LogP contribution in [0, 0.1) is 30.9 Å². The Kier molecular flexibility index (Phi) is 9.90. The summed E-state index contributed by atoms with van der Waals surface area (Å²) in [5.41, 5.74) is -1.03. The molecule has 262 valence electrons. The van der Waals surface area contributed by atoms with Gasteiger partial charge < -0.3 is 0 Å². The number of benzene rings is 2. The second-order valence-electron chi connectivity index (χ2n) is 13.1. The van der Waals surface area contributed by atoms with Gasteiger partial charge in [-0.05, 0) is 92.5 Å². The Morgan fingerprint density at radius 2 is 1.61 bits per heavy atom. The molecule has 0 radical (unpaired) electrons. The minimum Gasteiger partial charge on any atom is -0.289 e. The van der Waals surface area contributed by atoms with E-state index in [-0.39, 0.29) is 40.2 Å². The second kappa shape index (κ2) is 13.4. The molecule has 1 fully saturated rings. The molecule has 1 saturated carbocycles. The first kappa shape index (κ1) is 36.3. The van der Waals surface area contributed by atoms with Gasteiger partial charge in [0.1, 0.15) is 17.5 Å². The normalized spacial score (nSPS) is 16.5. The Bertz CT molecular complexity index is 2100. The van der Waals surface area contributed by atoms with Crippen molar-refractivity contribution in [1.29, 1.82) is 5.41 Å². The first-order valence-corrected chi connectivity index (χ1v) is 18.2. The highest BCUT2D eigenvalue weighted by Crippen LogP contribution is 2.46. The average molecular weight is 703 g/mol. The average Bonchev–Trinajstić information content (AvgIpc) is 3.01. The van der Waals surface area contributed by atoms with Gasteiger partial charge in [-0.25, -0.2) is 40.3 Å². The number of aryl methyl sites for hydroxylation is 2. The molecule has 0 saturated heterocycles. The zero-order chi connectivity index (χ0) is 36.1. The van der Waals surface area contributed by atoms with Crippen LogP contribution in [-0.4, -0.2) is 40.2 Å². The molecule has 13 heteroatoms. The third-order valence-electron chi connectivity index (χ3n) is 9.45. The Hall–Kier alpha value is -4.00. The lowest BCUT2D eigenvalue weighted by Crippen LogP contribution is -2.34. The fourth-order valence-corrected chi connectivity index (χ4v) is 7.51. The fraction of sp³-hybridized carbons (Fsp3) is 0.444. The van der Waals surface area contributed by atoms with Gasteiger partial charge in [-0.1, -0.05) is 26.3 Å². The van der Waals surface area contributed by atoms with Gasteiger partial charge in [0, 0.05) is 36.6 Å². The van der Waals surface area contributed by atoms with Crippen molar-refractivity contribution < 1.29 is 30.4 Å². The molecular formula is C36H39F5N4O3S. The van der Waals surface area contributed by atoms with Crippen LogP contribution >= 0.6 is 0 Å². The Morgan fingerprint density at radius 3 is 2.18 bits per heavy atom. The van der Waals surface area contributed by atoms with E-state index in [1.165, 1.54) is 22.8 Å².